The van der Waals surface area contributed by atoms with Crippen LogP contribution in [0.3, 0.4) is 0 Å². The van der Waals surface area contributed by atoms with Gasteiger partial charge in [-0.15, -0.1) is 0 Å². The number of nitrogens with zero attached hydrogens (tertiary/aromatic N) is 1. The zero-order valence-corrected chi connectivity index (χ0v) is 8.82. The molecule has 0 aliphatic carbocycles. The molecule has 0 rings (SSSR count). The molecular formula is C9H22N2O2. The maximum Gasteiger partial charge on any atom is 0.0791 e. The van der Waals surface area contributed by atoms with E-state index in [9.17, 15) is 10.2 Å². The fraction of sp³-hybridized carbons (Fsp3) is 1.00. The number of aliphatic hydroxyl groups is 2. The maximum atomic E-state index is 9.42. The van der Waals surface area contributed by atoms with Gasteiger partial charge < -0.3 is 20.4 Å². The molecule has 0 saturated carbocycles. The van der Waals surface area contributed by atoms with E-state index in [-0.39, 0.29) is 12.2 Å². The van der Waals surface area contributed by atoms with Crippen LogP contribution in [0.1, 0.15) is 13.3 Å². The molecule has 0 heterocycles. The standard InChI is InChI=1S/C9H22N2O2/c1-4-8(12)5-10-6-9(13)7-11(2)3/h8-10,12-13H,4-7H2,1-3H3. The first-order valence-electron chi connectivity index (χ1n) is 4.77. The van der Waals surface area contributed by atoms with Crippen LogP contribution in [0.4, 0.5) is 0 Å². The highest BCUT2D eigenvalue weighted by molar-refractivity contribution is 4.64. The average molecular weight is 190 g/mol. The van der Waals surface area contributed by atoms with Crippen LogP contribution in [0.25, 0.3) is 0 Å². The molecule has 13 heavy (non-hydrogen) atoms. The van der Waals surface area contributed by atoms with Crippen LogP contribution in [0.5, 0.6) is 0 Å². The van der Waals surface area contributed by atoms with E-state index in [1.807, 2.05) is 25.9 Å². The van der Waals surface area contributed by atoms with E-state index in [1.54, 1.807) is 0 Å². The van der Waals surface area contributed by atoms with Crippen molar-refractivity contribution in [1.29, 1.82) is 0 Å². The van der Waals surface area contributed by atoms with Crippen molar-refractivity contribution < 1.29 is 10.2 Å². The first-order chi connectivity index (χ1) is 6.06. The van der Waals surface area contributed by atoms with Gasteiger partial charge in [-0.05, 0) is 20.5 Å². The Bertz CT molecular complexity index is 120. The van der Waals surface area contributed by atoms with Crippen LogP contribution in [0.2, 0.25) is 0 Å². The van der Waals surface area contributed by atoms with Crippen molar-refractivity contribution in [3.8, 4) is 0 Å². The Kier molecular flexibility index (Phi) is 7.17. The van der Waals surface area contributed by atoms with Gasteiger partial charge in [0.15, 0.2) is 0 Å². The summed E-state index contributed by atoms with van der Waals surface area (Å²) in [7, 11) is 3.84. The van der Waals surface area contributed by atoms with Crippen LogP contribution >= 0.6 is 0 Å². The molecule has 0 amide bonds. The molecule has 2 atom stereocenters. The second kappa shape index (κ2) is 7.26. The van der Waals surface area contributed by atoms with Crippen molar-refractivity contribution in [2.24, 2.45) is 0 Å². The Labute approximate surface area is 80.6 Å². The molecule has 4 heteroatoms. The van der Waals surface area contributed by atoms with Crippen molar-refractivity contribution in [1.82, 2.24) is 10.2 Å². The largest absolute Gasteiger partial charge is 0.392 e. The smallest absolute Gasteiger partial charge is 0.0791 e. The molecule has 0 aliphatic heterocycles. The Morgan fingerprint density at radius 2 is 1.69 bits per heavy atom. The van der Waals surface area contributed by atoms with E-state index in [0.717, 1.165) is 6.42 Å². The van der Waals surface area contributed by atoms with Crippen LogP contribution in [-0.4, -0.2) is 61.1 Å². The normalized spacial score (nSPS) is 16.2. The first-order valence-corrected chi connectivity index (χ1v) is 4.77. The van der Waals surface area contributed by atoms with E-state index in [2.05, 4.69) is 5.32 Å². The van der Waals surface area contributed by atoms with Crippen LogP contribution in [0.15, 0.2) is 0 Å². The molecule has 0 saturated heterocycles. The molecule has 0 fully saturated rings. The van der Waals surface area contributed by atoms with Crippen molar-refractivity contribution in [3.63, 3.8) is 0 Å². The predicted octanol–water partition coefficient (Wildman–Crippen LogP) is -0.731. The Morgan fingerprint density at radius 3 is 2.15 bits per heavy atom. The molecule has 0 aromatic carbocycles. The third-order valence-electron chi connectivity index (χ3n) is 1.81. The molecule has 4 nitrogen and oxygen atoms in total. The lowest BCUT2D eigenvalue weighted by atomic mass is 10.2. The first kappa shape index (κ1) is 12.8. The van der Waals surface area contributed by atoms with Crippen LogP contribution in [0, 0.1) is 0 Å². The van der Waals surface area contributed by atoms with Crippen molar-refractivity contribution in [2.45, 2.75) is 25.6 Å². The summed E-state index contributed by atoms with van der Waals surface area (Å²) in [6, 6.07) is 0. The van der Waals surface area contributed by atoms with E-state index in [1.165, 1.54) is 0 Å². The second-order valence-corrected chi connectivity index (χ2v) is 3.64. The van der Waals surface area contributed by atoms with Crippen LogP contribution < -0.4 is 5.32 Å². The van der Waals surface area contributed by atoms with Crippen molar-refractivity contribution in [2.75, 3.05) is 33.7 Å². The number of hydrogen-bond donors (Lipinski definition) is 3. The molecule has 0 aliphatic rings. The number of nitrogens with one attached hydrogen (secondary N) is 1. The quantitative estimate of drug-likeness (QED) is 0.495. The monoisotopic (exact) mass is 190 g/mol. The lowest BCUT2D eigenvalue weighted by Crippen LogP contribution is -2.37. The van der Waals surface area contributed by atoms with Crippen molar-refractivity contribution >= 4 is 0 Å². The van der Waals surface area contributed by atoms with Gasteiger partial charge in [0.25, 0.3) is 0 Å². The predicted molar refractivity (Wildman–Crippen MR) is 53.7 cm³/mol. The summed E-state index contributed by atoms with van der Waals surface area (Å²) in [6.07, 6.45) is 0.0853. The van der Waals surface area contributed by atoms with Gasteiger partial charge in [0, 0.05) is 19.6 Å². The molecule has 0 spiro atoms. The maximum absolute atomic E-state index is 9.42. The summed E-state index contributed by atoms with van der Waals surface area (Å²) < 4.78 is 0. The molecular weight excluding hydrogens is 168 g/mol. The summed E-state index contributed by atoms with van der Waals surface area (Å²) in [5.74, 6) is 0. The third-order valence-corrected chi connectivity index (χ3v) is 1.81. The molecule has 0 radical (unpaired) electrons. The number of rotatable bonds is 7. The van der Waals surface area contributed by atoms with Gasteiger partial charge in [0.2, 0.25) is 0 Å². The second-order valence-electron chi connectivity index (χ2n) is 3.64. The Hall–Kier alpha value is -0.160. The molecule has 0 aromatic heterocycles. The van der Waals surface area contributed by atoms with Gasteiger partial charge in [-0.3, -0.25) is 0 Å². The molecule has 80 valence electrons. The van der Waals surface area contributed by atoms with E-state index < -0.39 is 0 Å². The minimum absolute atomic E-state index is 0.299. The zero-order valence-electron chi connectivity index (χ0n) is 8.82. The summed E-state index contributed by atoms with van der Waals surface area (Å²) >= 11 is 0. The lowest BCUT2D eigenvalue weighted by molar-refractivity contribution is 0.122. The van der Waals surface area contributed by atoms with Gasteiger partial charge >= 0.3 is 0 Å². The highest BCUT2D eigenvalue weighted by Crippen LogP contribution is 1.88. The number of aliphatic hydroxyl groups excluding tert-OH is 2. The minimum atomic E-state index is -0.362. The third kappa shape index (κ3) is 8.18. The SMILES string of the molecule is CCC(O)CNCC(O)CN(C)C. The Morgan fingerprint density at radius 1 is 1.15 bits per heavy atom. The fourth-order valence-corrected chi connectivity index (χ4v) is 1.05. The molecule has 0 bridgehead atoms. The van der Waals surface area contributed by atoms with E-state index >= 15 is 0 Å². The average Bonchev–Trinajstić information content (AvgIpc) is 2.02. The highest BCUT2D eigenvalue weighted by Gasteiger charge is 2.05. The summed E-state index contributed by atoms with van der Waals surface area (Å²) in [5, 5.41) is 21.6. The van der Waals surface area contributed by atoms with Gasteiger partial charge in [-0.25, -0.2) is 0 Å². The molecule has 0 aromatic rings. The van der Waals surface area contributed by atoms with Gasteiger partial charge in [0.05, 0.1) is 12.2 Å². The minimum Gasteiger partial charge on any atom is -0.392 e. The molecule has 2 unspecified atom stereocenters. The van der Waals surface area contributed by atoms with Gasteiger partial charge in [0.1, 0.15) is 0 Å². The summed E-state index contributed by atoms with van der Waals surface area (Å²) in [5.41, 5.74) is 0. The molecule has 3 N–H and O–H groups in total. The van der Waals surface area contributed by atoms with Crippen LogP contribution in [-0.2, 0) is 0 Å². The van der Waals surface area contributed by atoms with Crippen molar-refractivity contribution in [3.05, 3.63) is 0 Å². The zero-order chi connectivity index (χ0) is 10.3. The van der Waals surface area contributed by atoms with Gasteiger partial charge in [-0.2, -0.15) is 0 Å². The lowest BCUT2D eigenvalue weighted by Gasteiger charge is -2.17. The number of likely N-dealkylation sites (N-methyl/N-ethyl adjacent to an activating group) is 1. The van der Waals surface area contributed by atoms with E-state index in [0.29, 0.717) is 19.6 Å². The highest BCUT2D eigenvalue weighted by atomic mass is 16.3. The van der Waals surface area contributed by atoms with E-state index in [4.69, 9.17) is 0 Å². The Balaban J connectivity index is 3.31. The summed E-state index contributed by atoms with van der Waals surface area (Å²) in [4.78, 5) is 1.93. The number of hydrogen-bond acceptors (Lipinski definition) is 4. The topological polar surface area (TPSA) is 55.7 Å². The fourth-order valence-electron chi connectivity index (χ4n) is 1.05. The summed E-state index contributed by atoms with van der Waals surface area (Å²) in [6.45, 7) is 3.67. The van der Waals surface area contributed by atoms with Gasteiger partial charge in [-0.1, -0.05) is 6.92 Å².